The Hall–Kier alpha value is -2.82. The average Bonchev–Trinajstić information content (AvgIpc) is 2.61. The summed E-state index contributed by atoms with van der Waals surface area (Å²) in [5.41, 5.74) is 1.37. The Morgan fingerprint density at radius 1 is 1.04 bits per heavy atom. The lowest BCUT2D eigenvalue weighted by atomic mass is 10.0. The average molecular weight is 326 g/mol. The van der Waals surface area contributed by atoms with Crippen molar-refractivity contribution >= 4 is 11.8 Å². The van der Waals surface area contributed by atoms with Gasteiger partial charge in [0.25, 0.3) is 5.91 Å². The van der Waals surface area contributed by atoms with Gasteiger partial charge >= 0.3 is 0 Å². The summed E-state index contributed by atoms with van der Waals surface area (Å²) in [6.07, 6.45) is 1.18. The van der Waals surface area contributed by atoms with E-state index in [9.17, 15) is 14.7 Å². The molecule has 126 valence electrons. The highest BCUT2D eigenvalue weighted by molar-refractivity contribution is 5.97. The summed E-state index contributed by atoms with van der Waals surface area (Å²) in [7, 11) is 0. The second kappa shape index (κ2) is 8.72. The number of phenols is 1. The first kappa shape index (κ1) is 17.5. The van der Waals surface area contributed by atoms with E-state index in [1.165, 1.54) is 0 Å². The molecule has 5 nitrogen and oxygen atoms in total. The summed E-state index contributed by atoms with van der Waals surface area (Å²) in [6, 6.07) is 14.7. The first-order valence-electron chi connectivity index (χ1n) is 8.01. The first-order chi connectivity index (χ1) is 11.6. The molecule has 2 rings (SSSR count). The maximum absolute atomic E-state index is 12.4. The van der Waals surface area contributed by atoms with Crippen LogP contribution in [0.25, 0.3) is 0 Å². The van der Waals surface area contributed by atoms with Crippen molar-refractivity contribution in [1.29, 1.82) is 0 Å². The normalized spacial score (nSPS) is 11.5. The Balaban J connectivity index is 2.11. The molecule has 2 aromatic rings. The van der Waals surface area contributed by atoms with Crippen LogP contribution in [0.1, 0.15) is 29.3 Å². The number of nitrogens with one attached hydrogen (secondary N) is 2. The molecule has 2 amide bonds. The number of amides is 2. The maximum atomic E-state index is 12.4. The fraction of sp³-hybridized carbons (Fsp3) is 0.263. The Kier molecular flexibility index (Phi) is 6.37. The van der Waals surface area contributed by atoms with Crippen LogP contribution in [0.3, 0.4) is 0 Å². The molecule has 3 N–H and O–H groups in total. The van der Waals surface area contributed by atoms with Crippen LogP contribution in [0.4, 0.5) is 0 Å². The summed E-state index contributed by atoms with van der Waals surface area (Å²) < 4.78 is 0. The summed E-state index contributed by atoms with van der Waals surface area (Å²) in [4.78, 5) is 24.7. The minimum atomic E-state index is -0.672. The van der Waals surface area contributed by atoms with E-state index in [4.69, 9.17) is 0 Å². The van der Waals surface area contributed by atoms with Crippen molar-refractivity contribution in [2.45, 2.75) is 25.8 Å². The monoisotopic (exact) mass is 326 g/mol. The van der Waals surface area contributed by atoms with Gasteiger partial charge in [-0.2, -0.15) is 0 Å². The van der Waals surface area contributed by atoms with Crippen LogP contribution in [0.2, 0.25) is 0 Å². The Bertz CT molecular complexity index is 669. The Morgan fingerprint density at radius 2 is 1.71 bits per heavy atom. The number of hydrogen-bond acceptors (Lipinski definition) is 3. The van der Waals surface area contributed by atoms with Gasteiger partial charge in [-0.05, 0) is 36.2 Å². The second-order valence-electron chi connectivity index (χ2n) is 5.55. The zero-order valence-electron chi connectivity index (χ0n) is 13.7. The molecule has 0 aliphatic rings. The smallest absolute Gasteiger partial charge is 0.251 e. The van der Waals surface area contributed by atoms with E-state index >= 15 is 0 Å². The van der Waals surface area contributed by atoms with Crippen molar-refractivity contribution in [3.05, 3.63) is 65.7 Å². The number of benzene rings is 2. The molecule has 24 heavy (non-hydrogen) atoms. The van der Waals surface area contributed by atoms with E-state index in [1.807, 2.05) is 13.0 Å². The van der Waals surface area contributed by atoms with Crippen LogP contribution < -0.4 is 10.6 Å². The van der Waals surface area contributed by atoms with Crippen LogP contribution in [0.15, 0.2) is 54.6 Å². The standard InChI is InChI=1S/C19H22N2O3/c1-2-12-20-19(24)17(13-14-8-10-16(22)11-9-14)21-18(23)15-6-4-3-5-7-15/h3-11,17,22H,2,12-13H2,1H3,(H,20,24)(H,21,23). The molecule has 0 saturated heterocycles. The van der Waals surface area contributed by atoms with Gasteiger partial charge in [-0.1, -0.05) is 37.3 Å². The summed E-state index contributed by atoms with van der Waals surface area (Å²) in [5, 5.41) is 15.0. The fourth-order valence-corrected chi connectivity index (χ4v) is 2.28. The van der Waals surface area contributed by atoms with E-state index < -0.39 is 6.04 Å². The molecule has 0 aliphatic carbocycles. The third-order valence-corrected chi connectivity index (χ3v) is 3.58. The van der Waals surface area contributed by atoms with Gasteiger partial charge in [-0.15, -0.1) is 0 Å². The van der Waals surface area contributed by atoms with Crippen LogP contribution in [0.5, 0.6) is 5.75 Å². The third kappa shape index (κ3) is 5.12. The third-order valence-electron chi connectivity index (χ3n) is 3.58. The lowest BCUT2D eigenvalue weighted by Gasteiger charge is -2.18. The molecular formula is C19H22N2O3. The molecule has 0 aromatic heterocycles. The second-order valence-corrected chi connectivity index (χ2v) is 5.55. The molecule has 0 heterocycles. The van der Waals surface area contributed by atoms with Gasteiger partial charge in [-0.25, -0.2) is 0 Å². The maximum Gasteiger partial charge on any atom is 0.251 e. The number of phenolic OH excluding ortho intramolecular Hbond substituents is 1. The van der Waals surface area contributed by atoms with Crippen molar-refractivity contribution in [1.82, 2.24) is 10.6 Å². The number of rotatable bonds is 7. The van der Waals surface area contributed by atoms with Crippen molar-refractivity contribution in [2.75, 3.05) is 6.54 Å². The molecule has 1 atom stereocenters. The molecule has 2 aromatic carbocycles. The van der Waals surface area contributed by atoms with Gasteiger partial charge in [0.15, 0.2) is 0 Å². The van der Waals surface area contributed by atoms with E-state index in [-0.39, 0.29) is 17.6 Å². The predicted molar refractivity (Wildman–Crippen MR) is 92.8 cm³/mol. The molecule has 0 fully saturated rings. The summed E-state index contributed by atoms with van der Waals surface area (Å²) >= 11 is 0. The van der Waals surface area contributed by atoms with Crippen LogP contribution >= 0.6 is 0 Å². The number of hydrogen-bond donors (Lipinski definition) is 3. The largest absolute Gasteiger partial charge is 0.508 e. The van der Waals surface area contributed by atoms with Crippen LogP contribution in [-0.4, -0.2) is 29.5 Å². The summed E-state index contributed by atoms with van der Waals surface area (Å²) in [6.45, 7) is 2.53. The van der Waals surface area contributed by atoms with Crippen LogP contribution in [-0.2, 0) is 11.2 Å². The van der Waals surface area contributed by atoms with E-state index in [1.54, 1.807) is 48.5 Å². The zero-order valence-corrected chi connectivity index (χ0v) is 13.7. The molecule has 0 bridgehead atoms. The van der Waals surface area contributed by atoms with E-state index in [0.717, 1.165) is 12.0 Å². The van der Waals surface area contributed by atoms with Gasteiger partial charge in [0, 0.05) is 18.5 Å². The minimum Gasteiger partial charge on any atom is -0.508 e. The SMILES string of the molecule is CCCNC(=O)C(Cc1ccc(O)cc1)NC(=O)c1ccccc1. The van der Waals surface area contributed by atoms with Crippen molar-refractivity contribution in [3.8, 4) is 5.75 Å². The first-order valence-corrected chi connectivity index (χ1v) is 8.01. The highest BCUT2D eigenvalue weighted by atomic mass is 16.3. The lowest BCUT2D eigenvalue weighted by molar-refractivity contribution is -0.122. The zero-order chi connectivity index (χ0) is 17.4. The highest BCUT2D eigenvalue weighted by Crippen LogP contribution is 2.12. The van der Waals surface area contributed by atoms with Gasteiger partial charge in [-0.3, -0.25) is 9.59 Å². The topological polar surface area (TPSA) is 78.4 Å². The molecular weight excluding hydrogens is 304 g/mol. The van der Waals surface area contributed by atoms with E-state index in [0.29, 0.717) is 18.5 Å². The van der Waals surface area contributed by atoms with Gasteiger partial charge in [0.1, 0.15) is 11.8 Å². The molecule has 0 aliphatic heterocycles. The van der Waals surface area contributed by atoms with Gasteiger partial charge in [0.2, 0.25) is 5.91 Å². The Morgan fingerprint density at radius 3 is 2.33 bits per heavy atom. The molecule has 0 radical (unpaired) electrons. The quantitative estimate of drug-likeness (QED) is 0.730. The van der Waals surface area contributed by atoms with Crippen molar-refractivity contribution in [3.63, 3.8) is 0 Å². The number of carbonyl (C=O) groups is 2. The van der Waals surface area contributed by atoms with E-state index in [2.05, 4.69) is 10.6 Å². The van der Waals surface area contributed by atoms with Crippen molar-refractivity contribution < 1.29 is 14.7 Å². The van der Waals surface area contributed by atoms with Crippen molar-refractivity contribution in [2.24, 2.45) is 0 Å². The lowest BCUT2D eigenvalue weighted by Crippen LogP contribution is -2.48. The molecule has 0 saturated carbocycles. The van der Waals surface area contributed by atoms with Crippen LogP contribution in [0, 0.1) is 0 Å². The van der Waals surface area contributed by atoms with Gasteiger partial charge in [0.05, 0.1) is 0 Å². The predicted octanol–water partition coefficient (Wildman–Crippen LogP) is 2.26. The van der Waals surface area contributed by atoms with Gasteiger partial charge < -0.3 is 15.7 Å². The molecule has 0 spiro atoms. The fourth-order valence-electron chi connectivity index (χ4n) is 2.28. The number of carbonyl (C=O) groups excluding carboxylic acids is 2. The Labute approximate surface area is 141 Å². The number of aromatic hydroxyl groups is 1. The molecule has 5 heteroatoms. The summed E-state index contributed by atoms with van der Waals surface area (Å²) in [5.74, 6) is -0.334. The molecule has 1 unspecified atom stereocenters. The highest BCUT2D eigenvalue weighted by Gasteiger charge is 2.21. The minimum absolute atomic E-state index is 0.166.